The van der Waals surface area contributed by atoms with Gasteiger partial charge in [-0.1, -0.05) is 103 Å². The van der Waals surface area contributed by atoms with Gasteiger partial charge in [0.05, 0.1) is 27.8 Å². The third-order valence-corrected chi connectivity index (χ3v) is 10.5. The zero-order valence-corrected chi connectivity index (χ0v) is 26.7. The summed E-state index contributed by atoms with van der Waals surface area (Å²) in [5.74, 6) is 0.921. The van der Waals surface area contributed by atoms with Crippen molar-refractivity contribution in [1.29, 1.82) is 0 Å². The molecule has 0 spiro atoms. The second-order valence-electron chi connectivity index (χ2n) is 13.3. The number of benzene rings is 7. The SMILES string of the molecule is C1=CC(n2c3ccccc3c3cc4c5ccc(C6Nc7ccc8ccc9ccccc9c8c7O6)cc5n(-c5ccccc5)c4cc32)=CCC1. The monoisotopic (exact) mass is 629 g/mol. The van der Waals surface area contributed by atoms with Crippen molar-refractivity contribution in [3.8, 4) is 11.4 Å². The van der Waals surface area contributed by atoms with Crippen molar-refractivity contribution in [1.82, 2.24) is 9.13 Å². The number of allylic oxidation sites excluding steroid dienone is 4. The molecule has 3 heterocycles. The van der Waals surface area contributed by atoms with E-state index in [2.05, 4.69) is 166 Å². The average Bonchev–Trinajstić information content (AvgIpc) is 3.84. The zero-order valence-electron chi connectivity index (χ0n) is 26.7. The molecule has 49 heavy (non-hydrogen) atoms. The molecule has 1 atom stereocenters. The number of para-hydroxylation sites is 2. The fraction of sp³-hybridized carbons (Fsp3) is 0.0667. The molecule has 0 saturated heterocycles. The third-order valence-electron chi connectivity index (χ3n) is 10.5. The summed E-state index contributed by atoms with van der Waals surface area (Å²) in [5, 5.41) is 13.5. The summed E-state index contributed by atoms with van der Waals surface area (Å²) in [5.41, 5.74) is 9.32. The molecule has 11 rings (SSSR count). The number of nitrogens with zero attached hydrogens (tertiary/aromatic N) is 2. The Morgan fingerprint density at radius 3 is 2.16 bits per heavy atom. The van der Waals surface area contributed by atoms with Crippen molar-refractivity contribution in [2.45, 2.75) is 19.1 Å². The number of hydrogen-bond acceptors (Lipinski definition) is 2. The Hall–Kier alpha value is -6.26. The molecule has 2 aromatic heterocycles. The smallest absolute Gasteiger partial charge is 0.196 e. The van der Waals surface area contributed by atoms with Gasteiger partial charge in [0.1, 0.15) is 0 Å². The molecule has 0 radical (unpaired) electrons. The van der Waals surface area contributed by atoms with Crippen LogP contribution in [0.2, 0.25) is 0 Å². The van der Waals surface area contributed by atoms with Crippen LogP contribution in [0.3, 0.4) is 0 Å². The second kappa shape index (κ2) is 10.1. The molecule has 0 bridgehead atoms. The van der Waals surface area contributed by atoms with Crippen LogP contribution >= 0.6 is 0 Å². The van der Waals surface area contributed by atoms with E-state index in [1.54, 1.807) is 0 Å². The molecule has 4 nitrogen and oxygen atoms in total. The maximum Gasteiger partial charge on any atom is 0.196 e. The largest absolute Gasteiger partial charge is 0.464 e. The van der Waals surface area contributed by atoms with E-state index >= 15 is 0 Å². The quantitative estimate of drug-likeness (QED) is 0.197. The van der Waals surface area contributed by atoms with Crippen LogP contribution in [-0.2, 0) is 0 Å². The fourth-order valence-electron chi connectivity index (χ4n) is 8.30. The summed E-state index contributed by atoms with van der Waals surface area (Å²) >= 11 is 0. The summed E-state index contributed by atoms with van der Waals surface area (Å²) in [6.07, 6.45) is 8.78. The van der Waals surface area contributed by atoms with Gasteiger partial charge in [-0.25, -0.2) is 0 Å². The van der Waals surface area contributed by atoms with E-state index in [0.29, 0.717) is 0 Å². The predicted molar refractivity (Wildman–Crippen MR) is 205 cm³/mol. The van der Waals surface area contributed by atoms with Gasteiger partial charge in [0.15, 0.2) is 12.0 Å². The minimum absolute atomic E-state index is 0.302. The van der Waals surface area contributed by atoms with E-state index < -0.39 is 0 Å². The molecule has 7 aromatic carbocycles. The molecule has 1 unspecified atom stereocenters. The zero-order chi connectivity index (χ0) is 32.1. The van der Waals surface area contributed by atoms with E-state index in [9.17, 15) is 0 Å². The van der Waals surface area contributed by atoms with Crippen molar-refractivity contribution in [2.75, 3.05) is 5.32 Å². The predicted octanol–water partition coefficient (Wildman–Crippen LogP) is 11.9. The van der Waals surface area contributed by atoms with Crippen LogP contribution in [-0.4, -0.2) is 9.13 Å². The molecule has 232 valence electrons. The lowest BCUT2D eigenvalue weighted by Crippen LogP contribution is -2.10. The molecule has 0 saturated carbocycles. The summed E-state index contributed by atoms with van der Waals surface area (Å²) < 4.78 is 11.7. The van der Waals surface area contributed by atoms with E-state index in [4.69, 9.17) is 4.74 Å². The first-order chi connectivity index (χ1) is 24.3. The first-order valence-corrected chi connectivity index (χ1v) is 17.1. The lowest BCUT2D eigenvalue weighted by Gasteiger charge is -2.14. The van der Waals surface area contributed by atoms with E-state index in [1.165, 1.54) is 60.0 Å². The van der Waals surface area contributed by atoms with Crippen molar-refractivity contribution >= 4 is 76.5 Å². The summed E-state index contributed by atoms with van der Waals surface area (Å²) in [7, 11) is 0. The van der Waals surface area contributed by atoms with Gasteiger partial charge in [-0.15, -0.1) is 0 Å². The molecule has 0 fully saturated rings. The average molecular weight is 630 g/mol. The van der Waals surface area contributed by atoms with Crippen LogP contribution in [0.1, 0.15) is 24.6 Å². The molecular weight excluding hydrogens is 599 g/mol. The highest BCUT2D eigenvalue weighted by molar-refractivity contribution is 6.20. The summed E-state index contributed by atoms with van der Waals surface area (Å²) in [6, 6.07) is 48.5. The van der Waals surface area contributed by atoms with Crippen LogP contribution in [0, 0.1) is 0 Å². The topological polar surface area (TPSA) is 31.1 Å². The molecule has 4 heteroatoms. The van der Waals surface area contributed by atoms with Crippen molar-refractivity contribution < 1.29 is 4.74 Å². The Morgan fingerprint density at radius 1 is 0.551 bits per heavy atom. The van der Waals surface area contributed by atoms with Gasteiger partial charge in [-0.3, -0.25) is 0 Å². The first kappa shape index (κ1) is 26.8. The van der Waals surface area contributed by atoms with Crippen LogP contribution in [0.15, 0.2) is 152 Å². The Balaban J connectivity index is 1.14. The highest BCUT2D eigenvalue weighted by atomic mass is 16.5. The van der Waals surface area contributed by atoms with Gasteiger partial charge in [0.2, 0.25) is 0 Å². The summed E-state index contributed by atoms with van der Waals surface area (Å²) in [6.45, 7) is 0. The molecule has 1 aliphatic heterocycles. The maximum atomic E-state index is 6.83. The molecular formula is C45H31N3O. The molecule has 1 N–H and O–H groups in total. The standard InChI is InChI=1S/C45H31N3O/c1-3-12-31(13-4-1)47-39-18-10-9-17-34(39)36-26-37-35-23-21-30(25-40(35)48(42(37)27-41(36)47)32-14-5-2-6-15-32)45-46-38-24-22-29-20-19-28-11-7-8-16-33(28)43(29)44(38)49-45/h2-3,5-27,45-46H,1,4H2. The number of aromatic nitrogens is 2. The lowest BCUT2D eigenvalue weighted by molar-refractivity contribution is 0.263. The van der Waals surface area contributed by atoms with Gasteiger partial charge < -0.3 is 19.2 Å². The molecule has 2 aliphatic rings. The summed E-state index contributed by atoms with van der Waals surface area (Å²) in [4.78, 5) is 0. The van der Waals surface area contributed by atoms with Crippen LogP contribution < -0.4 is 10.1 Å². The second-order valence-corrected chi connectivity index (χ2v) is 13.3. The number of hydrogen-bond donors (Lipinski definition) is 1. The number of anilines is 1. The highest BCUT2D eigenvalue weighted by Crippen LogP contribution is 2.47. The third kappa shape index (κ3) is 3.86. The van der Waals surface area contributed by atoms with Crippen molar-refractivity contribution in [3.63, 3.8) is 0 Å². The molecule has 9 aromatic rings. The van der Waals surface area contributed by atoms with Gasteiger partial charge >= 0.3 is 0 Å². The van der Waals surface area contributed by atoms with Gasteiger partial charge in [-0.05, 0) is 77.5 Å². The minimum atomic E-state index is -0.302. The Labute approximate surface area is 282 Å². The Morgan fingerprint density at radius 2 is 1.29 bits per heavy atom. The molecule has 1 aliphatic carbocycles. The van der Waals surface area contributed by atoms with E-state index in [1.807, 2.05) is 0 Å². The van der Waals surface area contributed by atoms with Crippen molar-refractivity contribution in [2.24, 2.45) is 0 Å². The lowest BCUT2D eigenvalue weighted by atomic mass is 10.0. The number of rotatable bonds is 3. The minimum Gasteiger partial charge on any atom is -0.464 e. The van der Waals surface area contributed by atoms with Gasteiger partial charge in [0, 0.05) is 43.9 Å². The maximum absolute atomic E-state index is 6.83. The van der Waals surface area contributed by atoms with Gasteiger partial charge in [0.25, 0.3) is 0 Å². The van der Waals surface area contributed by atoms with E-state index in [0.717, 1.165) is 46.4 Å². The highest BCUT2D eigenvalue weighted by Gasteiger charge is 2.27. The molecule has 0 amide bonds. The van der Waals surface area contributed by atoms with Gasteiger partial charge in [-0.2, -0.15) is 0 Å². The van der Waals surface area contributed by atoms with Crippen LogP contribution in [0.5, 0.6) is 5.75 Å². The normalized spacial score (nSPS) is 15.8. The number of ether oxygens (including phenoxy) is 1. The van der Waals surface area contributed by atoms with Crippen LogP contribution in [0.4, 0.5) is 5.69 Å². The number of nitrogens with one attached hydrogen (secondary N) is 1. The van der Waals surface area contributed by atoms with Crippen LogP contribution in [0.25, 0.3) is 76.5 Å². The Kier molecular flexibility index (Phi) is 5.53. The van der Waals surface area contributed by atoms with E-state index in [-0.39, 0.29) is 6.23 Å². The fourth-order valence-corrected chi connectivity index (χ4v) is 8.30. The first-order valence-electron chi connectivity index (χ1n) is 17.1. The number of fused-ring (bicyclic) bond motifs is 11. The van der Waals surface area contributed by atoms with Crippen molar-refractivity contribution in [3.05, 3.63) is 157 Å². The Bertz CT molecular complexity index is 2890.